The molecular formula is C20H26N2O. The second kappa shape index (κ2) is 6.71. The van der Waals surface area contributed by atoms with Crippen molar-refractivity contribution in [2.75, 3.05) is 13.1 Å². The Bertz CT molecular complexity index is 701. The first-order valence-electron chi connectivity index (χ1n) is 8.48. The first-order valence-corrected chi connectivity index (χ1v) is 8.48. The molecule has 1 aliphatic heterocycles. The lowest BCUT2D eigenvalue weighted by Crippen LogP contribution is -2.34. The topological polar surface area (TPSA) is 25.2 Å². The van der Waals surface area contributed by atoms with Gasteiger partial charge in [-0.15, -0.1) is 0 Å². The van der Waals surface area contributed by atoms with Crippen LogP contribution in [0.25, 0.3) is 0 Å². The molecule has 0 aliphatic carbocycles. The lowest BCUT2D eigenvalue weighted by atomic mass is 9.88. The van der Waals surface area contributed by atoms with E-state index in [0.29, 0.717) is 5.92 Å². The second-order valence-electron chi connectivity index (χ2n) is 6.82. The van der Waals surface area contributed by atoms with Crippen molar-refractivity contribution in [1.29, 1.82) is 0 Å². The van der Waals surface area contributed by atoms with Gasteiger partial charge in [-0.25, -0.2) is 0 Å². The molecule has 1 fully saturated rings. The predicted octanol–water partition coefficient (Wildman–Crippen LogP) is 3.92. The smallest absolute Gasteiger partial charge is 0.161 e. The average molecular weight is 310 g/mol. The molecule has 2 aromatic rings. The van der Waals surface area contributed by atoms with Gasteiger partial charge in [0.2, 0.25) is 0 Å². The van der Waals surface area contributed by atoms with Gasteiger partial charge in [0.15, 0.2) is 5.78 Å². The number of Topliss-reactive ketones (excluding diaryl/α,β-unsaturated/α-hetero) is 1. The number of carbonyl (C=O) groups is 1. The maximum atomic E-state index is 11.6. The number of ketones is 1. The van der Waals surface area contributed by atoms with Crippen LogP contribution in [-0.2, 0) is 13.6 Å². The fourth-order valence-corrected chi connectivity index (χ4v) is 3.69. The van der Waals surface area contributed by atoms with Gasteiger partial charge in [-0.3, -0.25) is 9.69 Å². The van der Waals surface area contributed by atoms with Gasteiger partial charge in [0, 0.05) is 37.6 Å². The van der Waals surface area contributed by atoms with E-state index in [1.165, 1.54) is 29.7 Å². The van der Waals surface area contributed by atoms with Crippen LogP contribution in [0.15, 0.2) is 36.5 Å². The molecule has 0 saturated carbocycles. The molecule has 3 heteroatoms. The van der Waals surface area contributed by atoms with Crippen LogP contribution in [0.5, 0.6) is 0 Å². The summed E-state index contributed by atoms with van der Waals surface area (Å²) in [6, 6.07) is 10.8. The van der Waals surface area contributed by atoms with Crippen LogP contribution in [0, 0.1) is 6.92 Å². The number of benzene rings is 1. The highest BCUT2D eigenvalue weighted by Gasteiger charge is 2.23. The van der Waals surface area contributed by atoms with Crippen molar-refractivity contribution in [2.24, 2.45) is 7.05 Å². The highest BCUT2D eigenvalue weighted by Crippen LogP contribution is 2.29. The SMILES string of the molecule is CC(=O)c1cc(CN2CCC[C@@H](c3ccccc3C)C2)n(C)c1. The van der Waals surface area contributed by atoms with Crippen molar-refractivity contribution in [2.45, 2.75) is 39.2 Å². The molecule has 0 N–H and O–H groups in total. The average Bonchev–Trinajstić information content (AvgIpc) is 2.89. The van der Waals surface area contributed by atoms with Crippen LogP contribution < -0.4 is 0 Å². The fraction of sp³-hybridized carbons (Fsp3) is 0.450. The number of rotatable bonds is 4. The third-order valence-electron chi connectivity index (χ3n) is 5.03. The van der Waals surface area contributed by atoms with Crippen molar-refractivity contribution in [1.82, 2.24) is 9.47 Å². The van der Waals surface area contributed by atoms with Crippen molar-refractivity contribution in [3.8, 4) is 0 Å². The molecule has 23 heavy (non-hydrogen) atoms. The molecule has 0 unspecified atom stereocenters. The Kier molecular flexibility index (Phi) is 4.67. The number of aromatic nitrogens is 1. The summed E-state index contributed by atoms with van der Waals surface area (Å²) in [5, 5.41) is 0. The standard InChI is InChI=1S/C20H26N2O/c1-15-7-4-5-9-20(15)17-8-6-10-22(13-17)14-19-11-18(16(2)23)12-21(19)3/h4-5,7,9,11-12,17H,6,8,10,13-14H2,1-3H3/t17-/m1/s1. The Balaban J connectivity index is 1.72. The van der Waals surface area contributed by atoms with Gasteiger partial charge in [0.05, 0.1) is 0 Å². The van der Waals surface area contributed by atoms with Gasteiger partial charge in [0.1, 0.15) is 0 Å². The van der Waals surface area contributed by atoms with Gasteiger partial charge >= 0.3 is 0 Å². The van der Waals surface area contributed by atoms with Crippen molar-refractivity contribution in [3.05, 3.63) is 58.9 Å². The van der Waals surface area contributed by atoms with Crippen LogP contribution in [0.4, 0.5) is 0 Å². The van der Waals surface area contributed by atoms with Gasteiger partial charge in [-0.1, -0.05) is 24.3 Å². The highest BCUT2D eigenvalue weighted by atomic mass is 16.1. The van der Waals surface area contributed by atoms with Crippen LogP contribution in [0.1, 0.15) is 52.9 Å². The van der Waals surface area contributed by atoms with E-state index in [2.05, 4.69) is 40.7 Å². The minimum absolute atomic E-state index is 0.142. The summed E-state index contributed by atoms with van der Waals surface area (Å²) < 4.78 is 2.09. The molecule has 1 aromatic heterocycles. The molecule has 1 atom stereocenters. The summed E-state index contributed by atoms with van der Waals surface area (Å²) in [6.07, 6.45) is 4.45. The molecule has 0 radical (unpaired) electrons. The lowest BCUT2D eigenvalue weighted by Gasteiger charge is -2.33. The van der Waals surface area contributed by atoms with Gasteiger partial charge < -0.3 is 4.57 Å². The molecule has 1 saturated heterocycles. The Hall–Kier alpha value is -1.87. The zero-order valence-electron chi connectivity index (χ0n) is 14.4. The van der Waals surface area contributed by atoms with E-state index in [-0.39, 0.29) is 5.78 Å². The quantitative estimate of drug-likeness (QED) is 0.800. The minimum Gasteiger partial charge on any atom is -0.353 e. The normalized spacial score (nSPS) is 19.0. The van der Waals surface area contributed by atoms with E-state index in [9.17, 15) is 4.79 Å². The molecule has 0 spiro atoms. The summed E-state index contributed by atoms with van der Waals surface area (Å²) in [4.78, 5) is 14.1. The zero-order chi connectivity index (χ0) is 16.4. The number of carbonyl (C=O) groups excluding carboxylic acids is 1. The maximum Gasteiger partial charge on any atom is 0.161 e. The fourth-order valence-electron chi connectivity index (χ4n) is 3.69. The maximum absolute atomic E-state index is 11.6. The van der Waals surface area contributed by atoms with E-state index < -0.39 is 0 Å². The summed E-state index contributed by atoms with van der Waals surface area (Å²) in [6.45, 7) is 7.01. The number of piperidine rings is 1. The number of likely N-dealkylation sites (tertiary alicyclic amines) is 1. The minimum atomic E-state index is 0.142. The van der Waals surface area contributed by atoms with Crippen molar-refractivity contribution >= 4 is 5.78 Å². The Morgan fingerprint density at radius 1 is 1.30 bits per heavy atom. The van der Waals surface area contributed by atoms with Crippen molar-refractivity contribution in [3.63, 3.8) is 0 Å². The van der Waals surface area contributed by atoms with Crippen LogP contribution in [0.2, 0.25) is 0 Å². The molecule has 1 aliphatic rings. The zero-order valence-corrected chi connectivity index (χ0v) is 14.4. The van der Waals surface area contributed by atoms with E-state index in [4.69, 9.17) is 0 Å². The second-order valence-corrected chi connectivity index (χ2v) is 6.82. The molecule has 3 rings (SSSR count). The highest BCUT2D eigenvalue weighted by molar-refractivity contribution is 5.94. The monoisotopic (exact) mass is 310 g/mol. The molecule has 0 bridgehead atoms. The first-order chi connectivity index (χ1) is 11.0. The Morgan fingerprint density at radius 2 is 2.09 bits per heavy atom. The number of hydrogen-bond donors (Lipinski definition) is 0. The third kappa shape index (κ3) is 3.56. The number of nitrogens with zero attached hydrogens (tertiary/aromatic N) is 2. The lowest BCUT2D eigenvalue weighted by molar-refractivity contribution is 0.101. The summed E-state index contributed by atoms with van der Waals surface area (Å²) in [5.74, 6) is 0.765. The summed E-state index contributed by atoms with van der Waals surface area (Å²) in [7, 11) is 2.03. The van der Waals surface area contributed by atoms with Gasteiger partial charge in [0.25, 0.3) is 0 Å². The van der Waals surface area contributed by atoms with Gasteiger partial charge in [-0.2, -0.15) is 0 Å². The molecule has 2 heterocycles. The van der Waals surface area contributed by atoms with E-state index in [1.54, 1.807) is 6.92 Å². The summed E-state index contributed by atoms with van der Waals surface area (Å²) in [5.41, 5.74) is 4.93. The van der Waals surface area contributed by atoms with Gasteiger partial charge in [-0.05, 0) is 56.3 Å². The molecule has 0 amide bonds. The van der Waals surface area contributed by atoms with Crippen LogP contribution in [0.3, 0.4) is 0 Å². The molecule has 1 aromatic carbocycles. The third-order valence-corrected chi connectivity index (χ3v) is 5.03. The van der Waals surface area contributed by atoms with Crippen molar-refractivity contribution < 1.29 is 4.79 Å². The number of hydrogen-bond acceptors (Lipinski definition) is 2. The first kappa shape index (κ1) is 16.0. The van der Waals surface area contributed by atoms with Crippen LogP contribution >= 0.6 is 0 Å². The van der Waals surface area contributed by atoms with E-state index in [0.717, 1.165) is 25.2 Å². The Morgan fingerprint density at radius 3 is 2.78 bits per heavy atom. The molecule has 3 nitrogen and oxygen atoms in total. The summed E-state index contributed by atoms with van der Waals surface area (Å²) >= 11 is 0. The predicted molar refractivity (Wildman–Crippen MR) is 93.8 cm³/mol. The van der Waals surface area contributed by atoms with E-state index >= 15 is 0 Å². The largest absolute Gasteiger partial charge is 0.353 e. The Labute approximate surface area is 138 Å². The molecular weight excluding hydrogens is 284 g/mol. The van der Waals surface area contributed by atoms with Crippen LogP contribution in [-0.4, -0.2) is 28.3 Å². The number of aryl methyl sites for hydroxylation is 2. The van der Waals surface area contributed by atoms with E-state index in [1.807, 2.05) is 19.3 Å². The molecule has 122 valence electrons.